The van der Waals surface area contributed by atoms with E-state index in [0.29, 0.717) is 29.1 Å². The van der Waals surface area contributed by atoms with E-state index in [0.717, 1.165) is 0 Å². The Kier molecular flexibility index (Phi) is 12.4. The van der Waals surface area contributed by atoms with E-state index in [1.165, 1.54) is 72.1 Å². The molecule has 0 bridgehead atoms. The molecule has 18 heteroatoms. The Morgan fingerprint density at radius 2 is 1.55 bits per heavy atom. The van der Waals surface area contributed by atoms with Crippen molar-refractivity contribution in [2.24, 2.45) is 17.8 Å². The summed E-state index contributed by atoms with van der Waals surface area (Å²) in [7, 11) is 0. The van der Waals surface area contributed by atoms with Crippen LogP contribution in [0.4, 0.5) is 16.2 Å². The van der Waals surface area contributed by atoms with Crippen molar-refractivity contribution in [3.8, 4) is 0 Å². The Labute approximate surface area is 308 Å². The van der Waals surface area contributed by atoms with Crippen LogP contribution in [-0.2, 0) is 41.8 Å². The number of ether oxygens (including phenoxy) is 3. The lowest BCUT2D eigenvalue weighted by Crippen LogP contribution is -2.63. The molecule has 3 aliphatic rings. The summed E-state index contributed by atoms with van der Waals surface area (Å²) in [6.45, 7) is 7.05. The second-order valence-corrected chi connectivity index (χ2v) is 14.7. The summed E-state index contributed by atoms with van der Waals surface area (Å²) in [6, 6.07) is 9.69. The normalized spacial score (nSPS) is 23.2. The SMILES string of the molecule is CC(C)[C@@H](NC(=O)OCc1ccc([N+](=O)[O-])cc1)C(=O)NCC1OCCC1SC1=C(C(=O)OCc2ccc([N+](=O)[O-])cc2)N2C(=O)[C@H]([C@@H](C)O)[C@H]2[C@H]1C. The fourth-order valence-corrected chi connectivity index (χ4v) is 8.11. The summed E-state index contributed by atoms with van der Waals surface area (Å²) in [5.74, 6) is -2.93. The summed E-state index contributed by atoms with van der Waals surface area (Å²) in [6.07, 6.45) is -1.69. The van der Waals surface area contributed by atoms with E-state index in [9.17, 15) is 44.5 Å². The molecule has 0 aliphatic carbocycles. The largest absolute Gasteiger partial charge is 0.456 e. The van der Waals surface area contributed by atoms with Crippen molar-refractivity contribution in [3.05, 3.63) is 90.5 Å². The van der Waals surface area contributed by atoms with E-state index < -0.39 is 58.0 Å². The van der Waals surface area contributed by atoms with Gasteiger partial charge in [-0.1, -0.05) is 20.8 Å². The number of carbonyl (C=O) groups excluding carboxylic acids is 4. The van der Waals surface area contributed by atoms with Gasteiger partial charge in [-0.2, -0.15) is 0 Å². The second-order valence-electron chi connectivity index (χ2n) is 13.4. The van der Waals surface area contributed by atoms with Crippen LogP contribution in [0, 0.1) is 38.0 Å². The van der Waals surface area contributed by atoms with Crippen LogP contribution >= 0.6 is 11.8 Å². The Hall–Kier alpha value is -5.07. The smallest absolute Gasteiger partial charge is 0.408 e. The minimum Gasteiger partial charge on any atom is -0.456 e. The summed E-state index contributed by atoms with van der Waals surface area (Å²) < 4.78 is 16.8. The van der Waals surface area contributed by atoms with Crippen LogP contribution in [0.15, 0.2) is 59.1 Å². The topological polar surface area (TPSA) is 230 Å². The molecule has 3 amide bonds. The summed E-state index contributed by atoms with van der Waals surface area (Å²) in [5.41, 5.74) is 0.929. The van der Waals surface area contributed by atoms with Crippen molar-refractivity contribution in [2.45, 2.75) is 76.9 Å². The number of aliphatic hydroxyl groups excluding tert-OH is 1. The number of nitro groups is 2. The number of aliphatic hydroxyl groups is 1. The van der Waals surface area contributed by atoms with Crippen molar-refractivity contribution in [1.82, 2.24) is 15.5 Å². The standard InChI is InChI=1S/C35H41N5O12S/c1-18(2)28(37-35(45)52-17-22-7-11-24(12-8-22)40(48)49)32(42)36-15-25-26(13-14-50-25)53-31-19(3)29-27(20(4)41)33(43)38(29)30(31)34(44)51-16-21-5-9-23(10-6-21)39(46)47/h5-12,18-20,25-29,41H,13-17H2,1-4H3,(H,36,42)(H,37,45)/t19-,20-,25?,26?,27-,28-,29-/m1/s1. The predicted molar refractivity (Wildman–Crippen MR) is 189 cm³/mol. The third-order valence-corrected chi connectivity index (χ3v) is 11.1. The zero-order valence-electron chi connectivity index (χ0n) is 29.5. The van der Waals surface area contributed by atoms with Gasteiger partial charge in [-0.15, -0.1) is 11.8 Å². The molecule has 7 atom stereocenters. The van der Waals surface area contributed by atoms with Crippen molar-refractivity contribution in [2.75, 3.05) is 13.2 Å². The lowest BCUT2D eigenvalue weighted by Gasteiger charge is -2.46. The van der Waals surface area contributed by atoms with E-state index in [1.54, 1.807) is 13.8 Å². The van der Waals surface area contributed by atoms with Gasteiger partial charge in [0, 0.05) is 53.5 Å². The number of amides is 3. The number of nitrogens with zero attached hydrogens (tertiary/aromatic N) is 3. The van der Waals surface area contributed by atoms with Crippen LogP contribution < -0.4 is 10.6 Å². The number of β-lactam (4-membered cyclic amide) rings is 1. The Balaban J connectivity index is 1.22. The number of carbonyl (C=O) groups is 4. The highest BCUT2D eigenvalue weighted by atomic mass is 32.2. The quantitative estimate of drug-likeness (QED) is 0.102. The van der Waals surface area contributed by atoms with Crippen molar-refractivity contribution in [3.63, 3.8) is 0 Å². The lowest BCUT2D eigenvalue weighted by molar-refractivity contribution is -0.385. The van der Waals surface area contributed by atoms with Gasteiger partial charge in [0.05, 0.1) is 34.0 Å². The number of nitro benzene ring substituents is 2. The van der Waals surface area contributed by atoms with Crippen LogP contribution in [-0.4, -0.2) is 86.4 Å². The fraction of sp³-hybridized carbons (Fsp3) is 0.486. The van der Waals surface area contributed by atoms with E-state index >= 15 is 0 Å². The van der Waals surface area contributed by atoms with Gasteiger partial charge in [-0.3, -0.25) is 29.8 Å². The van der Waals surface area contributed by atoms with Crippen LogP contribution in [0.3, 0.4) is 0 Å². The van der Waals surface area contributed by atoms with E-state index in [1.807, 2.05) is 6.92 Å². The zero-order chi connectivity index (χ0) is 38.6. The Morgan fingerprint density at radius 1 is 0.981 bits per heavy atom. The first-order valence-electron chi connectivity index (χ1n) is 17.1. The third-order valence-electron chi connectivity index (χ3n) is 9.46. The van der Waals surface area contributed by atoms with Gasteiger partial charge >= 0.3 is 12.1 Å². The van der Waals surface area contributed by atoms with Crippen LogP contribution in [0.2, 0.25) is 0 Å². The van der Waals surface area contributed by atoms with Gasteiger partial charge in [0.15, 0.2) is 0 Å². The molecule has 2 aromatic carbocycles. The monoisotopic (exact) mass is 755 g/mol. The van der Waals surface area contributed by atoms with Crippen molar-refractivity contribution < 1.29 is 48.3 Å². The molecule has 2 saturated heterocycles. The number of thioether (sulfide) groups is 1. The maximum absolute atomic E-state index is 13.6. The Morgan fingerprint density at radius 3 is 2.08 bits per heavy atom. The summed E-state index contributed by atoms with van der Waals surface area (Å²) in [5, 5.41) is 37.5. The van der Waals surface area contributed by atoms with Crippen molar-refractivity contribution >= 4 is 47.0 Å². The molecule has 0 spiro atoms. The lowest BCUT2D eigenvalue weighted by atomic mass is 9.79. The van der Waals surface area contributed by atoms with Crippen LogP contribution in [0.5, 0.6) is 0 Å². The molecule has 284 valence electrons. The molecule has 0 saturated carbocycles. The predicted octanol–water partition coefficient (Wildman–Crippen LogP) is 3.57. The number of esters is 1. The maximum atomic E-state index is 13.6. The number of hydrogen-bond donors (Lipinski definition) is 3. The maximum Gasteiger partial charge on any atom is 0.408 e. The Bertz CT molecular complexity index is 1770. The first-order valence-corrected chi connectivity index (χ1v) is 17.9. The third kappa shape index (κ3) is 8.77. The highest BCUT2D eigenvalue weighted by Gasteiger charge is 2.60. The molecule has 17 nitrogen and oxygen atoms in total. The summed E-state index contributed by atoms with van der Waals surface area (Å²) in [4.78, 5) is 75.5. The van der Waals surface area contributed by atoms with Gasteiger partial charge in [0.1, 0.15) is 25.0 Å². The molecule has 3 heterocycles. The average molecular weight is 756 g/mol. The molecule has 0 aromatic heterocycles. The molecular formula is C35H41N5O12S. The first-order chi connectivity index (χ1) is 25.2. The number of alkyl carbamates (subject to hydrolysis) is 1. The number of fused-ring (bicyclic) bond motifs is 1. The minimum atomic E-state index is -0.951. The molecule has 2 unspecified atom stereocenters. The van der Waals surface area contributed by atoms with Gasteiger partial charge in [0.2, 0.25) is 11.8 Å². The molecule has 53 heavy (non-hydrogen) atoms. The van der Waals surface area contributed by atoms with Gasteiger partial charge < -0.3 is 34.9 Å². The number of rotatable bonds is 15. The van der Waals surface area contributed by atoms with Crippen LogP contribution in [0.1, 0.15) is 45.2 Å². The van der Waals surface area contributed by atoms with Gasteiger partial charge in [0.25, 0.3) is 11.4 Å². The molecule has 2 fully saturated rings. The number of benzene rings is 2. The molecular weight excluding hydrogens is 714 g/mol. The highest BCUT2D eigenvalue weighted by molar-refractivity contribution is 8.03. The van der Waals surface area contributed by atoms with Gasteiger partial charge in [-0.05, 0) is 54.7 Å². The fourth-order valence-electron chi connectivity index (χ4n) is 6.59. The van der Waals surface area contributed by atoms with E-state index in [4.69, 9.17) is 14.2 Å². The van der Waals surface area contributed by atoms with E-state index in [2.05, 4.69) is 10.6 Å². The summed E-state index contributed by atoms with van der Waals surface area (Å²) >= 11 is 1.37. The van der Waals surface area contributed by atoms with Gasteiger partial charge in [-0.25, -0.2) is 9.59 Å². The number of nitrogens with one attached hydrogen (secondary N) is 2. The number of hydrogen-bond acceptors (Lipinski definition) is 13. The molecule has 5 rings (SSSR count). The van der Waals surface area contributed by atoms with Crippen molar-refractivity contribution in [1.29, 1.82) is 0 Å². The molecule has 3 aliphatic heterocycles. The zero-order valence-corrected chi connectivity index (χ0v) is 30.3. The molecule has 3 N–H and O–H groups in total. The molecule has 2 aromatic rings. The number of non-ortho nitro benzene ring substituents is 2. The van der Waals surface area contributed by atoms with E-state index in [-0.39, 0.29) is 59.8 Å². The minimum absolute atomic E-state index is 0.0855. The second kappa shape index (κ2) is 16.7. The average Bonchev–Trinajstić information content (AvgIpc) is 3.66. The highest BCUT2D eigenvalue weighted by Crippen LogP contribution is 2.52. The van der Waals surface area contributed by atoms with Crippen LogP contribution in [0.25, 0.3) is 0 Å². The first kappa shape index (κ1) is 39.1. The molecule has 0 radical (unpaired) electrons.